The smallest absolute Gasteiger partial charge is 0.105 e. The molecule has 1 rings (SSSR count). The average molecular weight is 171 g/mol. The maximum atomic E-state index is 11.9. The summed E-state index contributed by atoms with van der Waals surface area (Å²) in [5.74, 6) is 0. The van der Waals surface area contributed by atoms with E-state index in [0.29, 0.717) is 5.03 Å². The normalized spacial score (nSPS) is 15.4. The standard InChI is InChI=1S/C8H13NOS/c1-11(2,3,10)8-6-4-5-7-9-8/h4-7H,1-3H3. The van der Waals surface area contributed by atoms with Crippen molar-refractivity contribution >= 4 is 9.07 Å². The van der Waals surface area contributed by atoms with Gasteiger partial charge < -0.3 is 0 Å². The number of pyridine rings is 1. The zero-order valence-corrected chi connectivity index (χ0v) is 7.89. The molecule has 1 heterocycles. The molecule has 0 aliphatic carbocycles. The average Bonchev–Trinajstić information content (AvgIpc) is 1.86. The summed E-state index contributed by atoms with van der Waals surface area (Å²) < 4.78 is 11.9. The van der Waals surface area contributed by atoms with Gasteiger partial charge in [0, 0.05) is 6.20 Å². The van der Waals surface area contributed by atoms with Crippen LogP contribution in [0.15, 0.2) is 29.4 Å². The van der Waals surface area contributed by atoms with E-state index in [4.69, 9.17) is 0 Å². The molecule has 0 aromatic carbocycles. The Kier molecular flexibility index (Phi) is 1.63. The molecule has 0 fully saturated rings. The number of hydrogen-bond donors (Lipinski definition) is 0. The topological polar surface area (TPSA) is 30.0 Å². The molecular formula is C8H13NOS. The van der Waals surface area contributed by atoms with Gasteiger partial charge in [-0.05, 0) is 30.9 Å². The van der Waals surface area contributed by atoms with Crippen molar-refractivity contribution in [3.63, 3.8) is 0 Å². The first-order chi connectivity index (χ1) is 4.86. The second kappa shape index (κ2) is 2.14. The minimum absolute atomic E-state index is 0.685. The van der Waals surface area contributed by atoms with Gasteiger partial charge in [0.1, 0.15) is 5.03 Å². The minimum Gasteiger partial charge on any atom is -0.277 e. The van der Waals surface area contributed by atoms with Gasteiger partial charge >= 0.3 is 0 Å². The molecule has 0 amide bonds. The highest BCUT2D eigenvalue weighted by Crippen LogP contribution is 2.22. The lowest BCUT2D eigenvalue weighted by Crippen LogP contribution is -2.28. The molecule has 3 heteroatoms. The number of aromatic nitrogens is 1. The first-order valence-corrected chi connectivity index (χ1v) is 6.56. The van der Waals surface area contributed by atoms with Crippen LogP contribution in [0.1, 0.15) is 0 Å². The van der Waals surface area contributed by atoms with Crippen LogP contribution in [-0.4, -0.2) is 28.0 Å². The Labute approximate surface area is 67.1 Å². The van der Waals surface area contributed by atoms with Crippen LogP contribution < -0.4 is 0 Å². The van der Waals surface area contributed by atoms with Gasteiger partial charge in [-0.1, -0.05) is 15.1 Å². The van der Waals surface area contributed by atoms with Crippen LogP contribution in [0.2, 0.25) is 0 Å². The molecular weight excluding hydrogens is 158 g/mol. The molecule has 0 unspecified atom stereocenters. The summed E-state index contributed by atoms with van der Waals surface area (Å²) in [5.41, 5.74) is 0. The molecule has 0 aliphatic heterocycles. The van der Waals surface area contributed by atoms with Gasteiger partial charge in [0.15, 0.2) is 0 Å². The third-order valence-corrected chi connectivity index (χ3v) is 3.02. The summed E-state index contributed by atoms with van der Waals surface area (Å²) in [5, 5.41) is 0.685. The Morgan fingerprint density at radius 3 is 2.18 bits per heavy atom. The largest absolute Gasteiger partial charge is 0.277 e. The van der Waals surface area contributed by atoms with E-state index >= 15 is 0 Å². The van der Waals surface area contributed by atoms with E-state index in [-0.39, 0.29) is 0 Å². The molecule has 1 aromatic heterocycles. The number of hydrogen-bond acceptors (Lipinski definition) is 2. The second-order valence-electron chi connectivity index (χ2n) is 3.59. The fraction of sp³-hybridized carbons (Fsp3) is 0.375. The van der Waals surface area contributed by atoms with Gasteiger partial charge in [0.2, 0.25) is 0 Å². The summed E-state index contributed by atoms with van der Waals surface area (Å²) in [4.78, 5) is 4.06. The van der Waals surface area contributed by atoms with Gasteiger partial charge in [0.05, 0.1) is 0 Å². The van der Waals surface area contributed by atoms with E-state index in [1.165, 1.54) is 0 Å². The quantitative estimate of drug-likeness (QED) is 0.634. The van der Waals surface area contributed by atoms with Gasteiger partial charge in [-0.2, -0.15) is 0 Å². The molecule has 0 aliphatic rings. The van der Waals surface area contributed by atoms with Crippen LogP contribution in [0.5, 0.6) is 0 Å². The SMILES string of the molecule is CS(C)(C)(=O)c1ccccn1. The Bertz CT molecular complexity index is 301. The highest BCUT2D eigenvalue weighted by Gasteiger charge is 2.21. The van der Waals surface area contributed by atoms with Gasteiger partial charge in [-0.3, -0.25) is 4.21 Å². The summed E-state index contributed by atoms with van der Waals surface area (Å²) in [6.45, 7) is 0. The summed E-state index contributed by atoms with van der Waals surface area (Å²) >= 11 is 0. The van der Waals surface area contributed by atoms with E-state index in [0.717, 1.165) is 0 Å². The van der Waals surface area contributed by atoms with Crippen LogP contribution in [0, 0.1) is 0 Å². The van der Waals surface area contributed by atoms with Crippen molar-refractivity contribution in [2.24, 2.45) is 0 Å². The predicted molar refractivity (Wildman–Crippen MR) is 48.4 cm³/mol. The van der Waals surface area contributed by atoms with Crippen molar-refractivity contribution in [1.82, 2.24) is 4.98 Å². The lowest BCUT2D eigenvalue weighted by atomic mass is 10.5. The second-order valence-corrected chi connectivity index (χ2v) is 8.85. The van der Waals surface area contributed by atoms with Gasteiger partial charge in [-0.15, -0.1) is 0 Å². The van der Waals surface area contributed by atoms with Crippen molar-refractivity contribution in [3.05, 3.63) is 24.4 Å². The maximum absolute atomic E-state index is 11.9. The molecule has 0 N–H and O–H groups in total. The predicted octanol–water partition coefficient (Wildman–Crippen LogP) is 1.15. The first-order valence-electron chi connectivity index (χ1n) is 3.37. The van der Waals surface area contributed by atoms with E-state index < -0.39 is 9.07 Å². The molecule has 2 nitrogen and oxygen atoms in total. The van der Waals surface area contributed by atoms with E-state index in [1.54, 1.807) is 31.0 Å². The number of rotatable bonds is 1. The monoisotopic (exact) mass is 171 g/mol. The Balaban J connectivity index is 3.26. The zero-order chi connectivity index (χ0) is 8.56. The zero-order valence-electron chi connectivity index (χ0n) is 7.07. The van der Waals surface area contributed by atoms with Crippen LogP contribution in [0.3, 0.4) is 0 Å². The molecule has 0 saturated heterocycles. The third kappa shape index (κ3) is 2.12. The van der Waals surface area contributed by atoms with Crippen LogP contribution in [0.25, 0.3) is 0 Å². The molecule has 0 spiro atoms. The fourth-order valence-corrected chi connectivity index (χ4v) is 1.72. The van der Waals surface area contributed by atoms with Crippen molar-refractivity contribution < 1.29 is 4.21 Å². The van der Waals surface area contributed by atoms with Crippen LogP contribution >= 0.6 is 0 Å². The molecule has 0 saturated carbocycles. The first kappa shape index (κ1) is 8.40. The lowest BCUT2D eigenvalue weighted by Gasteiger charge is -2.26. The summed E-state index contributed by atoms with van der Waals surface area (Å²) in [7, 11) is -2.62. The molecule has 0 bridgehead atoms. The molecule has 62 valence electrons. The van der Waals surface area contributed by atoms with E-state index in [1.807, 2.05) is 12.1 Å². The summed E-state index contributed by atoms with van der Waals surface area (Å²) in [6, 6.07) is 5.48. The molecule has 11 heavy (non-hydrogen) atoms. The lowest BCUT2D eigenvalue weighted by molar-refractivity contribution is 0.665. The fourth-order valence-electron chi connectivity index (χ4n) is 0.759. The highest BCUT2D eigenvalue weighted by atomic mass is 32.3. The molecule has 1 aromatic rings. The van der Waals surface area contributed by atoms with Gasteiger partial charge in [-0.25, -0.2) is 4.98 Å². The minimum atomic E-state index is -2.62. The van der Waals surface area contributed by atoms with Crippen molar-refractivity contribution in [3.8, 4) is 0 Å². The van der Waals surface area contributed by atoms with Crippen molar-refractivity contribution in [2.75, 3.05) is 18.8 Å². The Hall–Kier alpha value is -0.700. The molecule has 0 radical (unpaired) electrons. The van der Waals surface area contributed by atoms with Gasteiger partial charge in [0.25, 0.3) is 0 Å². The Morgan fingerprint density at radius 1 is 1.27 bits per heavy atom. The van der Waals surface area contributed by atoms with Crippen molar-refractivity contribution in [1.29, 1.82) is 0 Å². The Morgan fingerprint density at radius 2 is 1.91 bits per heavy atom. The van der Waals surface area contributed by atoms with Crippen LogP contribution in [-0.2, 0) is 9.07 Å². The third-order valence-electron chi connectivity index (χ3n) is 1.35. The molecule has 0 atom stereocenters. The van der Waals surface area contributed by atoms with Crippen LogP contribution in [0.4, 0.5) is 0 Å². The van der Waals surface area contributed by atoms with E-state index in [2.05, 4.69) is 4.98 Å². The number of nitrogens with zero attached hydrogens (tertiary/aromatic N) is 1. The summed E-state index contributed by atoms with van der Waals surface area (Å²) in [6.07, 6.45) is 6.87. The highest BCUT2D eigenvalue weighted by molar-refractivity contribution is 8.18. The van der Waals surface area contributed by atoms with E-state index in [9.17, 15) is 4.21 Å². The maximum Gasteiger partial charge on any atom is 0.105 e. The van der Waals surface area contributed by atoms with Crippen molar-refractivity contribution in [2.45, 2.75) is 5.03 Å².